The molecule has 2 aliphatic rings. The molecule has 9 nitrogen and oxygen atoms in total. The molecule has 0 radical (unpaired) electrons. The quantitative estimate of drug-likeness (QED) is 0.704. The van der Waals surface area contributed by atoms with E-state index in [1.807, 2.05) is 26.0 Å². The minimum Gasteiger partial charge on any atom is -0.475 e. The minimum atomic E-state index is -5.08. The van der Waals surface area contributed by atoms with E-state index >= 15 is 0 Å². The van der Waals surface area contributed by atoms with Gasteiger partial charge in [0.1, 0.15) is 12.0 Å². The third kappa shape index (κ3) is 5.15. The molecule has 2 aliphatic heterocycles. The Bertz CT molecular complexity index is 1080. The molecule has 2 saturated heterocycles. The van der Waals surface area contributed by atoms with E-state index in [4.69, 9.17) is 9.90 Å². The van der Waals surface area contributed by atoms with Gasteiger partial charge >= 0.3 is 12.1 Å². The summed E-state index contributed by atoms with van der Waals surface area (Å²) in [6.45, 7) is 5.51. The van der Waals surface area contributed by atoms with Crippen molar-refractivity contribution in [2.24, 2.45) is 5.41 Å². The van der Waals surface area contributed by atoms with Crippen LogP contribution in [-0.2, 0) is 9.59 Å². The molecule has 2 aromatic heterocycles. The SMILES string of the molecule is Cc1ncnc(C(=O)N2CCCC3(CCN(c4cccnc4)C3=O)C2)c1C.O=C(O)C(F)(F)F. The third-order valence-electron chi connectivity index (χ3n) is 6.12. The van der Waals surface area contributed by atoms with Crippen LogP contribution in [0.25, 0.3) is 0 Å². The van der Waals surface area contributed by atoms with Gasteiger partial charge in [-0.05, 0) is 45.2 Å². The van der Waals surface area contributed by atoms with Crippen LogP contribution < -0.4 is 4.90 Å². The van der Waals surface area contributed by atoms with E-state index in [0.29, 0.717) is 25.3 Å². The van der Waals surface area contributed by atoms with Crippen molar-refractivity contribution in [2.45, 2.75) is 39.3 Å². The zero-order chi connectivity index (χ0) is 25.1. The molecule has 0 bridgehead atoms. The monoisotopic (exact) mass is 479 g/mol. The molecule has 0 aromatic carbocycles. The fraction of sp³-hybridized carbons (Fsp3) is 0.455. The Morgan fingerprint density at radius 2 is 1.85 bits per heavy atom. The Morgan fingerprint density at radius 1 is 1.15 bits per heavy atom. The largest absolute Gasteiger partial charge is 0.490 e. The second kappa shape index (κ2) is 9.74. The highest BCUT2D eigenvalue weighted by molar-refractivity contribution is 6.01. The molecule has 2 aromatic rings. The number of carboxylic acid groups (broad SMARTS) is 1. The molecule has 0 saturated carbocycles. The summed E-state index contributed by atoms with van der Waals surface area (Å²) in [5, 5.41) is 7.12. The Hall–Kier alpha value is -3.57. The lowest BCUT2D eigenvalue weighted by atomic mass is 9.78. The molecular weight excluding hydrogens is 455 g/mol. The van der Waals surface area contributed by atoms with E-state index in [1.165, 1.54) is 6.33 Å². The number of hydrogen-bond acceptors (Lipinski definition) is 6. The van der Waals surface area contributed by atoms with E-state index in [1.54, 1.807) is 22.2 Å². The number of halogens is 3. The van der Waals surface area contributed by atoms with Gasteiger partial charge in [-0.1, -0.05) is 0 Å². The van der Waals surface area contributed by atoms with Crippen LogP contribution in [0.15, 0.2) is 30.9 Å². The fourth-order valence-electron chi connectivity index (χ4n) is 4.17. The number of aliphatic carboxylic acids is 1. The number of carbonyl (C=O) groups is 3. The maximum Gasteiger partial charge on any atom is 0.490 e. The summed E-state index contributed by atoms with van der Waals surface area (Å²) in [4.78, 5) is 51.3. The summed E-state index contributed by atoms with van der Waals surface area (Å²) in [5.74, 6) is -2.76. The zero-order valence-electron chi connectivity index (χ0n) is 18.7. The molecule has 34 heavy (non-hydrogen) atoms. The summed E-state index contributed by atoms with van der Waals surface area (Å²) in [6, 6.07) is 3.74. The van der Waals surface area contributed by atoms with Crippen molar-refractivity contribution in [3.63, 3.8) is 0 Å². The van der Waals surface area contributed by atoms with Crippen LogP contribution in [0.5, 0.6) is 0 Å². The number of alkyl halides is 3. The van der Waals surface area contributed by atoms with E-state index in [-0.39, 0.29) is 11.8 Å². The molecule has 4 rings (SSSR count). The van der Waals surface area contributed by atoms with Gasteiger partial charge in [-0.25, -0.2) is 14.8 Å². The second-order valence-corrected chi connectivity index (χ2v) is 8.26. The minimum absolute atomic E-state index is 0.101. The fourth-order valence-corrected chi connectivity index (χ4v) is 4.17. The Morgan fingerprint density at radius 3 is 2.47 bits per heavy atom. The maximum absolute atomic E-state index is 13.2. The van der Waals surface area contributed by atoms with Gasteiger partial charge in [0, 0.05) is 37.1 Å². The number of carboxylic acids is 1. The lowest BCUT2D eigenvalue weighted by molar-refractivity contribution is -0.192. The summed E-state index contributed by atoms with van der Waals surface area (Å²) in [5.41, 5.74) is 2.37. The van der Waals surface area contributed by atoms with Gasteiger partial charge in [0.25, 0.3) is 5.91 Å². The van der Waals surface area contributed by atoms with Crippen LogP contribution in [-0.4, -0.2) is 68.6 Å². The van der Waals surface area contributed by atoms with Crippen molar-refractivity contribution in [1.82, 2.24) is 19.9 Å². The van der Waals surface area contributed by atoms with Crippen LogP contribution in [0.2, 0.25) is 0 Å². The van der Waals surface area contributed by atoms with Crippen molar-refractivity contribution in [3.05, 3.63) is 47.8 Å². The number of carbonyl (C=O) groups excluding carboxylic acids is 2. The second-order valence-electron chi connectivity index (χ2n) is 8.26. The summed E-state index contributed by atoms with van der Waals surface area (Å²) in [7, 11) is 0. The number of piperidine rings is 1. The van der Waals surface area contributed by atoms with Crippen LogP contribution in [0.1, 0.15) is 41.0 Å². The first-order chi connectivity index (χ1) is 16.0. The van der Waals surface area contributed by atoms with Crippen molar-refractivity contribution < 1.29 is 32.7 Å². The first kappa shape index (κ1) is 25.1. The number of anilines is 1. The predicted molar refractivity (Wildman–Crippen MR) is 114 cm³/mol. The zero-order valence-corrected chi connectivity index (χ0v) is 18.7. The van der Waals surface area contributed by atoms with Crippen molar-refractivity contribution in [3.8, 4) is 0 Å². The number of likely N-dealkylation sites (tertiary alicyclic amines) is 1. The van der Waals surface area contributed by atoms with Crippen molar-refractivity contribution in [1.29, 1.82) is 0 Å². The molecule has 0 aliphatic carbocycles. The van der Waals surface area contributed by atoms with Crippen molar-refractivity contribution >= 4 is 23.5 Å². The number of rotatable bonds is 2. The average Bonchev–Trinajstić information content (AvgIpc) is 3.11. The molecule has 2 fully saturated rings. The van der Waals surface area contributed by atoms with Crippen LogP contribution >= 0.6 is 0 Å². The first-order valence-corrected chi connectivity index (χ1v) is 10.6. The van der Waals surface area contributed by atoms with Gasteiger partial charge in [0.15, 0.2) is 0 Å². The Balaban J connectivity index is 0.000000406. The first-order valence-electron chi connectivity index (χ1n) is 10.6. The van der Waals surface area contributed by atoms with Crippen LogP contribution in [0, 0.1) is 19.3 Å². The third-order valence-corrected chi connectivity index (χ3v) is 6.12. The Labute approximate surface area is 193 Å². The van der Waals surface area contributed by atoms with E-state index < -0.39 is 17.6 Å². The summed E-state index contributed by atoms with van der Waals surface area (Å²) in [6.07, 6.45) is 2.16. The highest BCUT2D eigenvalue weighted by Gasteiger charge is 2.50. The average molecular weight is 479 g/mol. The molecule has 182 valence electrons. The van der Waals surface area contributed by atoms with Gasteiger partial charge in [-0.15, -0.1) is 0 Å². The number of aromatic nitrogens is 3. The predicted octanol–water partition coefficient (Wildman–Crippen LogP) is 2.78. The van der Waals surface area contributed by atoms with Gasteiger partial charge < -0.3 is 14.9 Å². The lowest BCUT2D eigenvalue weighted by Gasteiger charge is -2.39. The van der Waals surface area contributed by atoms with Crippen LogP contribution in [0.3, 0.4) is 0 Å². The highest BCUT2D eigenvalue weighted by Crippen LogP contribution is 2.42. The normalized spacial score (nSPS) is 20.2. The van der Waals surface area contributed by atoms with Gasteiger partial charge in [-0.2, -0.15) is 13.2 Å². The van der Waals surface area contributed by atoms with E-state index in [9.17, 15) is 22.8 Å². The number of nitrogens with zero attached hydrogens (tertiary/aromatic N) is 5. The van der Waals surface area contributed by atoms with Crippen LogP contribution in [0.4, 0.5) is 18.9 Å². The molecule has 1 unspecified atom stereocenters. The molecular formula is C22H24F3N5O4. The van der Waals surface area contributed by atoms with Gasteiger partial charge in [-0.3, -0.25) is 14.6 Å². The molecule has 1 N–H and O–H groups in total. The highest BCUT2D eigenvalue weighted by atomic mass is 19.4. The van der Waals surface area contributed by atoms with Crippen molar-refractivity contribution in [2.75, 3.05) is 24.5 Å². The van der Waals surface area contributed by atoms with E-state index in [2.05, 4.69) is 15.0 Å². The molecule has 12 heteroatoms. The standard InChI is InChI=1S/C20H23N5O2.C2HF3O2/c1-14-15(2)22-13-23-17(14)18(26)24-9-4-6-20(12-24)7-10-25(19(20)27)16-5-3-8-21-11-16;3-2(4,5)1(6)7/h3,5,8,11,13H,4,6-7,9-10,12H2,1-2H3;(H,6,7). The number of pyridine rings is 1. The summed E-state index contributed by atoms with van der Waals surface area (Å²) < 4.78 is 31.7. The lowest BCUT2D eigenvalue weighted by Crippen LogP contribution is -2.50. The molecule has 2 amide bonds. The number of amides is 2. The molecule has 1 spiro atoms. The van der Waals surface area contributed by atoms with Gasteiger partial charge in [0.05, 0.1) is 17.3 Å². The van der Waals surface area contributed by atoms with E-state index in [0.717, 1.165) is 36.2 Å². The van der Waals surface area contributed by atoms with Gasteiger partial charge in [0.2, 0.25) is 5.91 Å². The smallest absolute Gasteiger partial charge is 0.475 e. The Kier molecular flexibility index (Phi) is 7.18. The number of aryl methyl sites for hydroxylation is 1. The molecule has 4 heterocycles. The maximum atomic E-state index is 13.2. The summed E-state index contributed by atoms with van der Waals surface area (Å²) >= 11 is 0. The topological polar surface area (TPSA) is 117 Å². The number of hydrogen-bond donors (Lipinski definition) is 1. The molecule has 1 atom stereocenters.